The van der Waals surface area contributed by atoms with E-state index in [1.807, 2.05) is 82.2 Å². The van der Waals surface area contributed by atoms with Crippen LogP contribution in [0.3, 0.4) is 0 Å². The second-order valence-electron chi connectivity index (χ2n) is 18.5. The van der Waals surface area contributed by atoms with Gasteiger partial charge in [0.25, 0.3) is 0 Å². The Balaban J connectivity index is 0.000000187. The highest BCUT2D eigenvalue weighted by Gasteiger charge is 2.26. The van der Waals surface area contributed by atoms with Gasteiger partial charge < -0.3 is 39.8 Å². The number of aromatic nitrogens is 8. The fourth-order valence-electron chi connectivity index (χ4n) is 9.17. The van der Waals surface area contributed by atoms with Gasteiger partial charge in [-0.3, -0.25) is 19.9 Å². The van der Waals surface area contributed by atoms with Crippen LogP contribution in [0.2, 0.25) is 0 Å². The summed E-state index contributed by atoms with van der Waals surface area (Å²) in [6.45, 7) is 12.6. The minimum atomic E-state index is -0.487. The zero-order valence-corrected chi connectivity index (χ0v) is 40.3. The van der Waals surface area contributed by atoms with Gasteiger partial charge in [0.2, 0.25) is 0 Å². The number of piperazine rings is 2. The molecule has 10 heterocycles. The molecule has 0 spiro atoms. The van der Waals surface area contributed by atoms with E-state index in [-0.39, 0.29) is 20.9 Å². The number of ether oxygens (including phenoxy) is 1. The number of carbonyl (C=O) groups is 1. The van der Waals surface area contributed by atoms with Crippen molar-refractivity contribution in [1.29, 1.82) is 0 Å². The van der Waals surface area contributed by atoms with Crippen molar-refractivity contribution in [1.82, 2.24) is 50.1 Å². The van der Waals surface area contributed by atoms with Crippen molar-refractivity contribution in [3.63, 3.8) is 0 Å². The lowest BCUT2D eigenvalue weighted by Crippen LogP contribution is -2.50. The number of aromatic amines is 2. The van der Waals surface area contributed by atoms with Crippen LogP contribution < -0.4 is 15.1 Å². The molecule has 374 valence electrons. The largest absolute Gasteiger partial charge is 0.444 e. The molecule has 0 saturated carbocycles. The van der Waals surface area contributed by atoms with E-state index >= 15 is 0 Å². The maximum atomic E-state index is 12.4. The Morgan fingerprint density at radius 1 is 0.521 bits per heavy atom. The van der Waals surface area contributed by atoms with Crippen molar-refractivity contribution in [3.8, 4) is 44.8 Å². The highest BCUT2D eigenvalue weighted by molar-refractivity contribution is 6.09. The van der Waals surface area contributed by atoms with E-state index in [4.69, 9.17) is 19.8 Å². The summed E-state index contributed by atoms with van der Waals surface area (Å²) < 4.78 is 5.54. The third kappa shape index (κ3) is 11.3. The molecule has 73 heavy (non-hydrogen) atoms. The number of carbonyl (C=O) groups excluding carboxylic acids is 1. The number of hydrogen-bond acceptors (Lipinski definition) is 12. The number of aliphatic hydroxyl groups is 1. The van der Waals surface area contributed by atoms with Crippen LogP contribution in [0.15, 0.2) is 147 Å². The molecule has 2 saturated heterocycles. The van der Waals surface area contributed by atoms with Crippen LogP contribution in [-0.4, -0.2) is 121 Å². The average Bonchev–Trinajstić information content (AvgIpc) is 3.99. The molecule has 4 N–H and O–H groups in total. The Morgan fingerprint density at radius 2 is 0.986 bits per heavy atom. The number of anilines is 2. The minimum Gasteiger partial charge on any atom is -0.444 e. The Bertz CT molecular complexity index is 3450. The Morgan fingerprint density at radius 3 is 1.44 bits per heavy atom. The Kier molecular flexibility index (Phi) is 15.7. The lowest BCUT2D eigenvalue weighted by atomic mass is 10.0. The van der Waals surface area contributed by atoms with Crippen molar-refractivity contribution in [2.24, 2.45) is 0 Å². The molecule has 2 aromatic carbocycles. The van der Waals surface area contributed by atoms with Gasteiger partial charge >= 0.3 is 6.09 Å². The first-order chi connectivity index (χ1) is 34.7. The highest BCUT2D eigenvalue weighted by atomic mass is 16.6. The molecule has 8 aromatic heterocycles. The zero-order chi connectivity index (χ0) is 48.9. The van der Waals surface area contributed by atoms with Crippen molar-refractivity contribution >= 4 is 61.3 Å². The molecule has 12 rings (SSSR count). The van der Waals surface area contributed by atoms with E-state index in [1.54, 1.807) is 17.3 Å². The number of hydrogen-bond donors (Lipinski definition) is 4. The second-order valence-corrected chi connectivity index (χ2v) is 18.5. The summed E-state index contributed by atoms with van der Waals surface area (Å²) in [5.74, 6) is 0. The molecular weight excluding hydrogens is 913 g/mol. The first-order valence-corrected chi connectivity index (χ1v) is 23.9. The van der Waals surface area contributed by atoms with Crippen LogP contribution in [0.25, 0.3) is 88.6 Å². The van der Waals surface area contributed by atoms with Crippen molar-refractivity contribution in [3.05, 3.63) is 147 Å². The summed E-state index contributed by atoms with van der Waals surface area (Å²) in [5, 5.41) is 14.8. The predicted molar refractivity (Wildman–Crippen MR) is 297 cm³/mol. The summed E-state index contributed by atoms with van der Waals surface area (Å²) in [6.07, 6.45) is 14.6. The van der Waals surface area contributed by atoms with Gasteiger partial charge in [-0.2, -0.15) is 0 Å². The second kappa shape index (κ2) is 22.4. The number of benzene rings is 2. The van der Waals surface area contributed by atoms with Crippen LogP contribution in [0.4, 0.5) is 16.2 Å². The smallest absolute Gasteiger partial charge is 0.410 e. The SMILES string of the molecule is C.C.CC(C)(C)OC(=O)N1CCN(c2cccc(-c3cnc4[nH]c5cnc(-c6cccnc6)cc5c4c3)c2)CC1.CO.c1cncc(-c2cc3c(cn2)[nH]c2ncc(-c4cccc(N5CCNCC5)c4)cc23)c1. The van der Waals surface area contributed by atoms with E-state index in [0.29, 0.717) is 13.1 Å². The fourth-order valence-corrected chi connectivity index (χ4v) is 9.17. The van der Waals surface area contributed by atoms with Crippen LogP contribution >= 0.6 is 0 Å². The number of amides is 1. The molecule has 0 radical (unpaired) electrons. The minimum absolute atomic E-state index is 0. The number of fused-ring (bicyclic) bond motifs is 6. The van der Waals surface area contributed by atoms with Crippen LogP contribution in [0, 0.1) is 0 Å². The van der Waals surface area contributed by atoms with Gasteiger partial charge in [0.15, 0.2) is 0 Å². The maximum Gasteiger partial charge on any atom is 0.410 e. The lowest BCUT2D eigenvalue weighted by molar-refractivity contribution is 0.0240. The van der Waals surface area contributed by atoms with Gasteiger partial charge in [-0.25, -0.2) is 14.8 Å². The van der Waals surface area contributed by atoms with Gasteiger partial charge in [0, 0.05) is 152 Å². The number of nitrogens with zero attached hydrogens (tertiary/aromatic N) is 9. The van der Waals surface area contributed by atoms with Crippen LogP contribution in [0.1, 0.15) is 35.6 Å². The summed E-state index contributed by atoms with van der Waals surface area (Å²) in [7, 11) is 1.00. The van der Waals surface area contributed by atoms with Gasteiger partial charge in [-0.05, 0) is 105 Å². The van der Waals surface area contributed by atoms with Gasteiger partial charge in [-0.15, -0.1) is 0 Å². The first-order valence-electron chi connectivity index (χ1n) is 23.9. The molecule has 0 bridgehead atoms. The van der Waals surface area contributed by atoms with Gasteiger partial charge in [0.05, 0.1) is 34.8 Å². The molecule has 2 aliphatic heterocycles. The molecular formula is C58H64N12O3. The molecule has 0 atom stereocenters. The van der Waals surface area contributed by atoms with E-state index in [0.717, 1.165) is 135 Å². The number of H-pyrrole nitrogens is 2. The maximum absolute atomic E-state index is 12.4. The molecule has 0 unspecified atom stereocenters. The van der Waals surface area contributed by atoms with Crippen LogP contribution in [0.5, 0.6) is 0 Å². The van der Waals surface area contributed by atoms with Crippen LogP contribution in [-0.2, 0) is 4.74 Å². The number of nitrogens with one attached hydrogen (secondary N) is 3. The van der Waals surface area contributed by atoms with E-state index in [2.05, 4.69) is 118 Å². The fraction of sp³-hybridized carbons (Fsp3) is 0.259. The molecule has 15 nitrogen and oxygen atoms in total. The molecule has 2 aliphatic rings. The molecule has 15 heteroatoms. The van der Waals surface area contributed by atoms with Crippen molar-refractivity contribution < 1.29 is 14.6 Å². The van der Waals surface area contributed by atoms with Crippen molar-refractivity contribution in [2.75, 3.05) is 69.3 Å². The Labute approximate surface area is 426 Å². The van der Waals surface area contributed by atoms with Gasteiger partial charge in [0.1, 0.15) is 16.9 Å². The van der Waals surface area contributed by atoms with Gasteiger partial charge in [-0.1, -0.05) is 39.1 Å². The van der Waals surface area contributed by atoms with E-state index in [1.165, 1.54) is 11.3 Å². The number of aliphatic hydroxyl groups excluding tert-OH is 1. The lowest BCUT2D eigenvalue weighted by Gasteiger charge is -2.36. The first kappa shape index (κ1) is 51.1. The van der Waals surface area contributed by atoms with E-state index in [9.17, 15) is 4.79 Å². The summed E-state index contributed by atoms with van der Waals surface area (Å²) in [4.78, 5) is 52.9. The van der Waals surface area contributed by atoms with E-state index < -0.39 is 5.60 Å². The summed E-state index contributed by atoms with van der Waals surface area (Å²) in [6, 6.07) is 33.8. The molecule has 1 amide bonds. The highest BCUT2D eigenvalue weighted by Crippen LogP contribution is 2.34. The zero-order valence-electron chi connectivity index (χ0n) is 40.3. The standard InChI is InChI=1S/C30H30N6O2.C25H22N6.CH4O.2CH4/c1-30(2,3)38-29(37)36-12-10-35(11-13-36)23-8-4-6-20(14-23)22-15-25-24-16-26(21-7-5-9-31-17-21)32-19-27(24)34-28(25)33-18-22;1-3-17(11-20(5-1)31-9-7-26-8-10-31)19-12-22-21-13-23(18-4-2-6-27-14-18)28-16-24(21)30-25(22)29-15-19;1-2;;/h4-9,14-19H,10-13H2,1-3H3,(H,33,34);1-6,11-16,26H,7-10H2,(H,29,30);2H,1H3;2*1H4. The number of pyridine rings is 6. The summed E-state index contributed by atoms with van der Waals surface area (Å²) >= 11 is 0. The predicted octanol–water partition coefficient (Wildman–Crippen LogP) is 11.0. The van der Waals surface area contributed by atoms with Crippen molar-refractivity contribution in [2.45, 2.75) is 41.2 Å². The summed E-state index contributed by atoms with van der Waals surface area (Å²) in [5.41, 5.74) is 13.8. The quantitative estimate of drug-likeness (QED) is 0.124. The third-order valence-electron chi connectivity index (χ3n) is 12.7. The third-order valence-corrected chi connectivity index (χ3v) is 12.7. The number of rotatable bonds is 6. The topological polar surface area (TPSA) is 177 Å². The normalized spacial score (nSPS) is 13.6. The Hall–Kier alpha value is -8.27. The molecule has 2 fully saturated rings. The molecule has 0 aliphatic carbocycles. The monoisotopic (exact) mass is 977 g/mol. The average molecular weight is 977 g/mol. The molecule has 10 aromatic rings.